The number of hydrogen-bond acceptors (Lipinski definition) is 5. The predicted octanol–water partition coefficient (Wildman–Crippen LogP) is 2.19. The van der Waals surface area contributed by atoms with E-state index < -0.39 is 0 Å². The number of Topliss-reactive ketones (excluding diaryl/α,β-unsaturated/α-hetero) is 1. The largest absolute Gasteiger partial charge is 0.369 e. The van der Waals surface area contributed by atoms with Crippen LogP contribution in [0.15, 0.2) is 30.3 Å². The van der Waals surface area contributed by atoms with Crippen LogP contribution < -0.4 is 4.90 Å². The second-order valence-electron chi connectivity index (χ2n) is 9.37. The molecule has 2 bridgehead atoms. The van der Waals surface area contributed by atoms with Gasteiger partial charge in [-0.3, -0.25) is 24.2 Å². The molecule has 1 aromatic rings. The number of unbranched alkanes of at least 4 members (excludes halogenated alkanes) is 1. The lowest BCUT2D eigenvalue weighted by molar-refractivity contribution is -0.144. The molecule has 30 heavy (non-hydrogen) atoms. The molecule has 5 fully saturated rings. The monoisotopic (exact) mass is 409 g/mol. The Balaban J connectivity index is 1.08. The number of likely N-dealkylation sites (tertiary alicyclic amines) is 1. The van der Waals surface area contributed by atoms with Crippen LogP contribution in [0.25, 0.3) is 0 Å². The molecule has 6 heteroatoms. The molecule has 2 saturated heterocycles. The number of benzene rings is 1. The number of rotatable bonds is 6. The van der Waals surface area contributed by atoms with Gasteiger partial charge in [-0.1, -0.05) is 18.2 Å². The molecule has 3 aliphatic carbocycles. The number of piperazine rings is 1. The highest BCUT2D eigenvalue weighted by Gasteiger charge is 2.60. The lowest BCUT2D eigenvalue weighted by Crippen LogP contribution is -2.46. The van der Waals surface area contributed by atoms with Crippen molar-refractivity contribution in [2.24, 2.45) is 23.7 Å². The highest BCUT2D eigenvalue weighted by Crippen LogP contribution is 2.51. The van der Waals surface area contributed by atoms with Crippen molar-refractivity contribution in [2.75, 3.05) is 44.2 Å². The highest BCUT2D eigenvalue weighted by atomic mass is 16.2. The first-order valence-electron chi connectivity index (χ1n) is 11.5. The van der Waals surface area contributed by atoms with E-state index in [4.69, 9.17) is 0 Å². The van der Waals surface area contributed by atoms with Gasteiger partial charge in [0.1, 0.15) is 5.78 Å². The fraction of sp³-hybridized carbons (Fsp3) is 0.625. The van der Waals surface area contributed by atoms with E-state index >= 15 is 0 Å². The highest BCUT2D eigenvalue weighted by molar-refractivity contribution is 6.08. The molecular formula is C24H31N3O3. The van der Waals surface area contributed by atoms with Crippen molar-refractivity contribution >= 4 is 23.3 Å². The number of carbonyl (C=O) groups excluding carboxylic acids is 3. The Morgan fingerprint density at radius 2 is 1.50 bits per heavy atom. The van der Waals surface area contributed by atoms with E-state index in [0.29, 0.717) is 13.0 Å². The Morgan fingerprint density at radius 1 is 0.800 bits per heavy atom. The normalized spacial score (nSPS) is 31.5. The molecular weight excluding hydrogens is 378 g/mol. The number of imide groups is 1. The van der Waals surface area contributed by atoms with E-state index in [1.54, 1.807) is 0 Å². The first kappa shape index (κ1) is 19.7. The first-order valence-corrected chi connectivity index (χ1v) is 11.5. The second kappa shape index (κ2) is 8.14. The Hall–Kier alpha value is -2.21. The van der Waals surface area contributed by atoms with Gasteiger partial charge in [-0.2, -0.15) is 0 Å². The van der Waals surface area contributed by atoms with Gasteiger partial charge in [0.25, 0.3) is 0 Å². The van der Waals surface area contributed by atoms with Gasteiger partial charge in [-0.25, -0.2) is 0 Å². The predicted molar refractivity (Wildman–Crippen MR) is 114 cm³/mol. The maximum atomic E-state index is 12.9. The van der Waals surface area contributed by atoms with Crippen LogP contribution in [0.4, 0.5) is 5.69 Å². The van der Waals surface area contributed by atoms with E-state index in [1.807, 2.05) is 6.07 Å². The molecule has 6 nitrogen and oxygen atoms in total. The summed E-state index contributed by atoms with van der Waals surface area (Å²) in [4.78, 5) is 44.4. The molecule has 0 N–H and O–H groups in total. The maximum absolute atomic E-state index is 12.9. The number of anilines is 1. The molecule has 0 aromatic heterocycles. The van der Waals surface area contributed by atoms with Crippen LogP contribution in [0.2, 0.25) is 0 Å². The van der Waals surface area contributed by atoms with Gasteiger partial charge < -0.3 is 4.90 Å². The fourth-order valence-corrected chi connectivity index (χ4v) is 6.14. The minimum atomic E-state index is -0.344. The summed E-state index contributed by atoms with van der Waals surface area (Å²) in [5.74, 6) is -0.487. The van der Waals surface area contributed by atoms with Crippen molar-refractivity contribution < 1.29 is 14.4 Å². The number of carbonyl (C=O) groups is 3. The van der Waals surface area contributed by atoms with Gasteiger partial charge in [-0.05, 0) is 50.3 Å². The first-order chi connectivity index (χ1) is 14.6. The summed E-state index contributed by atoms with van der Waals surface area (Å²) < 4.78 is 0. The topological polar surface area (TPSA) is 60.9 Å². The molecule has 2 aliphatic heterocycles. The summed E-state index contributed by atoms with van der Waals surface area (Å²) in [5.41, 5.74) is 1.29. The summed E-state index contributed by atoms with van der Waals surface area (Å²) in [6.07, 6.45) is 4.07. The number of nitrogens with zero attached hydrogens (tertiary/aromatic N) is 3. The Kier molecular flexibility index (Phi) is 5.35. The third-order valence-electron chi connectivity index (χ3n) is 7.76. The molecule has 2 amide bonds. The zero-order valence-corrected chi connectivity index (χ0v) is 17.5. The summed E-state index contributed by atoms with van der Waals surface area (Å²) >= 11 is 0. The number of amides is 2. The molecule has 1 aromatic carbocycles. The van der Waals surface area contributed by atoms with E-state index in [-0.39, 0.29) is 41.3 Å². The van der Waals surface area contributed by atoms with Crippen LogP contribution in [0.5, 0.6) is 0 Å². The standard InChI is InChI=1S/C24H31N3O3/c28-20-16-17-8-9-19(20)22-21(17)23(29)27(24(22)30)11-5-4-10-25-12-14-26(15-13-25)18-6-2-1-3-7-18/h1-3,6-7,17,19,21-22H,4-5,8-16H2. The summed E-state index contributed by atoms with van der Waals surface area (Å²) in [6.45, 7) is 5.69. The molecule has 6 rings (SSSR count). The lowest BCUT2D eigenvalue weighted by atomic mass is 9.59. The van der Waals surface area contributed by atoms with Gasteiger partial charge in [0.2, 0.25) is 11.8 Å². The smallest absolute Gasteiger partial charge is 0.233 e. The molecule has 0 spiro atoms. The lowest BCUT2D eigenvalue weighted by Gasteiger charge is -2.41. The third kappa shape index (κ3) is 3.45. The average molecular weight is 410 g/mol. The minimum Gasteiger partial charge on any atom is -0.369 e. The maximum Gasteiger partial charge on any atom is 0.233 e. The SMILES string of the molecule is O=C1CC2CCC1C1C(=O)N(CCCCN3CCN(c4ccccc4)CC3)C(=O)C21. The van der Waals surface area contributed by atoms with Crippen molar-refractivity contribution in [1.82, 2.24) is 9.80 Å². The summed E-state index contributed by atoms with van der Waals surface area (Å²) in [6, 6.07) is 10.5. The number of para-hydroxylation sites is 1. The van der Waals surface area contributed by atoms with E-state index in [0.717, 1.165) is 58.4 Å². The molecule has 0 radical (unpaired) electrons. The van der Waals surface area contributed by atoms with Crippen molar-refractivity contribution in [3.8, 4) is 0 Å². The Morgan fingerprint density at radius 3 is 2.23 bits per heavy atom. The molecule has 160 valence electrons. The number of ketones is 1. The van der Waals surface area contributed by atoms with Gasteiger partial charge in [-0.15, -0.1) is 0 Å². The quantitative estimate of drug-likeness (QED) is 0.532. The molecule has 2 heterocycles. The fourth-order valence-electron chi connectivity index (χ4n) is 6.14. The summed E-state index contributed by atoms with van der Waals surface area (Å²) in [5, 5.41) is 0. The van der Waals surface area contributed by atoms with Crippen LogP contribution in [0.1, 0.15) is 32.1 Å². The van der Waals surface area contributed by atoms with Gasteiger partial charge in [0.15, 0.2) is 0 Å². The zero-order valence-electron chi connectivity index (χ0n) is 17.5. The molecule has 4 atom stereocenters. The van der Waals surface area contributed by atoms with Crippen molar-refractivity contribution in [1.29, 1.82) is 0 Å². The second-order valence-corrected chi connectivity index (χ2v) is 9.37. The zero-order chi connectivity index (χ0) is 20.7. The molecule has 4 unspecified atom stereocenters. The van der Waals surface area contributed by atoms with Crippen LogP contribution in [0.3, 0.4) is 0 Å². The Bertz CT molecular complexity index is 818. The van der Waals surface area contributed by atoms with Crippen molar-refractivity contribution in [2.45, 2.75) is 32.1 Å². The van der Waals surface area contributed by atoms with Crippen LogP contribution in [-0.4, -0.2) is 66.7 Å². The van der Waals surface area contributed by atoms with Crippen LogP contribution >= 0.6 is 0 Å². The van der Waals surface area contributed by atoms with E-state index in [2.05, 4.69) is 34.1 Å². The molecule has 5 aliphatic rings. The van der Waals surface area contributed by atoms with Crippen molar-refractivity contribution in [3.05, 3.63) is 30.3 Å². The Labute approximate surface area is 178 Å². The van der Waals surface area contributed by atoms with E-state index in [1.165, 1.54) is 10.6 Å². The van der Waals surface area contributed by atoms with Gasteiger partial charge in [0, 0.05) is 50.7 Å². The van der Waals surface area contributed by atoms with Crippen molar-refractivity contribution in [3.63, 3.8) is 0 Å². The van der Waals surface area contributed by atoms with Crippen LogP contribution in [-0.2, 0) is 14.4 Å². The number of hydrogen-bond donors (Lipinski definition) is 0. The van der Waals surface area contributed by atoms with E-state index in [9.17, 15) is 14.4 Å². The average Bonchev–Trinajstić information content (AvgIpc) is 3.04. The van der Waals surface area contributed by atoms with Crippen LogP contribution in [0, 0.1) is 23.7 Å². The minimum absolute atomic E-state index is 0.00340. The third-order valence-corrected chi connectivity index (χ3v) is 7.76. The molecule has 3 saturated carbocycles. The summed E-state index contributed by atoms with van der Waals surface area (Å²) in [7, 11) is 0. The van der Waals surface area contributed by atoms with Gasteiger partial charge in [0.05, 0.1) is 11.8 Å². The number of fused-ring (bicyclic) bond motifs is 2. The van der Waals surface area contributed by atoms with Gasteiger partial charge >= 0.3 is 0 Å².